The van der Waals surface area contributed by atoms with Crippen LogP contribution in [0.1, 0.15) is 103 Å². The Hall–Kier alpha value is -2.56. The minimum absolute atomic E-state index is 0.172. The highest BCUT2D eigenvalue weighted by atomic mass is 16.4. The van der Waals surface area contributed by atoms with Gasteiger partial charge in [0.2, 0.25) is 5.91 Å². The molecule has 1 aromatic heterocycles. The first-order chi connectivity index (χ1) is 17.0. The van der Waals surface area contributed by atoms with Crippen molar-refractivity contribution in [2.24, 2.45) is 7.05 Å². The van der Waals surface area contributed by atoms with Crippen LogP contribution in [0, 0.1) is 0 Å². The highest BCUT2D eigenvalue weighted by Crippen LogP contribution is 2.19. The maximum atomic E-state index is 12.3. The molecule has 0 spiro atoms. The van der Waals surface area contributed by atoms with Crippen LogP contribution < -0.4 is 5.32 Å². The molecule has 5 nitrogen and oxygen atoms in total. The van der Waals surface area contributed by atoms with Crippen molar-refractivity contribution in [1.29, 1.82) is 0 Å². The second-order valence-electron chi connectivity index (χ2n) is 9.75. The number of amides is 1. The Kier molecular flexibility index (Phi) is 13.9. The van der Waals surface area contributed by atoms with E-state index in [0.717, 1.165) is 42.3 Å². The van der Waals surface area contributed by atoms with Crippen molar-refractivity contribution in [3.63, 3.8) is 0 Å². The lowest BCUT2D eigenvalue weighted by Gasteiger charge is -2.15. The van der Waals surface area contributed by atoms with Crippen LogP contribution >= 0.6 is 0 Å². The molecular weight excluding hydrogens is 436 g/mol. The number of para-hydroxylation sites is 1. The first kappa shape index (κ1) is 28.7. The molecule has 1 amide bonds. The van der Waals surface area contributed by atoms with E-state index in [-0.39, 0.29) is 12.3 Å². The Morgan fingerprint density at radius 2 is 1.51 bits per heavy atom. The average molecular weight is 483 g/mol. The van der Waals surface area contributed by atoms with Crippen LogP contribution in [0.3, 0.4) is 0 Å². The number of hydrogen-bond acceptors (Lipinski definition) is 2. The zero-order chi connectivity index (χ0) is 25.3. The Morgan fingerprint density at radius 3 is 2.14 bits per heavy atom. The van der Waals surface area contributed by atoms with Gasteiger partial charge in [-0.15, -0.1) is 0 Å². The topological polar surface area (TPSA) is 71.3 Å². The van der Waals surface area contributed by atoms with Crippen molar-refractivity contribution in [3.8, 4) is 0 Å². The van der Waals surface area contributed by atoms with Crippen LogP contribution in [0.25, 0.3) is 10.9 Å². The third kappa shape index (κ3) is 11.1. The lowest BCUT2D eigenvalue weighted by molar-refractivity contribution is -0.141. The molecule has 0 radical (unpaired) electrons. The molecule has 0 aliphatic heterocycles. The van der Waals surface area contributed by atoms with Crippen LogP contribution in [0.4, 0.5) is 0 Å². The summed E-state index contributed by atoms with van der Waals surface area (Å²) in [4.78, 5) is 24.1. The van der Waals surface area contributed by atoms with Gasteiger partial charge in [0.15, 0.2) is 0 Å². The molecule has 1 heterocycles. The maximum Gasteiger partial charge on any atom is 0.326 e. The fourth-order valence-electron chi connectivity index (χ4n) is 4.57. The summed E-state index contributed by atoms with van der Waals surface area (Å²) in [7, 11) is 1.93. The number of aromatic nitrogens is 1. The molecule has 2 aromatic rings. The first-order valence-electron chi connectivity index (χ1n) is 13.7. The van der Waals surface area contributed by atoms with Gasteiger partial charge in [-0.25, -0.2) is 4.79 Å². The summed E-state index contributed by atoms with van der Waals surface area (Å²) in [5, 5.41) is 13.4. The molecule has 0 saturated heterocycles. The van der Waals surface area contributed by atoms with Gasteiger partial charge in [0.25, 0.3) is 0 Å². The zero-order valence-electron chi connectivity index (χ0n) is 21.9. The monoisotopic (exact) mass is 482 g/mol. The summed E-state index contributed by atoms with van der Waals surface area (Å²) in [5.74, 6) is -1.16. The second kappa shape index (κ2) is 17.0. The Bertz CT molecular complexity index is 915. The summed E-state index contributed by atoms with van der Waals surface area (Å²) in [5.41, 5.74) is 1.96. The van der Waals surface area contributed by atoms with E-state index in [1.54, 1.807) is 0 Å². The maximum absolute atomic E-state index is 12.3. The summed E-state index contributed by atoms with van der Waals surface area (Å²) in [6.45, 7) is 2.26. The molecule has 0 saturated carbocycles. The number of nitrogens with one attached hydrogen (secondary N) is 1. The van der Waals surface area contributed by atoms with Crippen molar-refractivity contribution < 1.29 is 14.7 Å². The third-order valence-corrected chi connectivity index (χ3v) is 6.76. The summed E-state index contributed by atoms with van der Waals surface area (Å²) in [6.07, 6.45) is 21.1. The summed E-state index contributed by atoms with van der Waals surface area (Å²) < 4.78 is 2.00. The molecule has 0 bridgehead atoms. The van der Waals surface area contributed by atoms with Crippen LogP contribution in [0.2, 0.25) is 0 Å². The van der Waals surface area contributed by atoms with Gasteiger partial charge in [-0.2, -0.15) is 0 Å². The SMILES string of the molecule is CCCCCCCCC=CCCCCCCCC(=O)NC(Cc1cc2ccccc2n1C)C(=O)O. The van der Waals surface area contributed by atoms with Crippen LogP contribution in [0.5, 0.6) is 0 Å². The number of aliphatic carboxylic acids is 1. The van der Waals surface area contributed by atoms with E-state index in [1.165, 1.54) is 57.8 Å². The van der Waals surface area contributed by atoms with Gasteiger partial charge >= 0.3 is 5.97 Å². The number of carbonyl (C=O) groups is 2. The van der Waals surface area contributed by atoms with Gasteiger partial charge in [-0.05, 0) is 49.6 Å². The fraction of sp³-hybridized carbons (Fsp3) is 0.600. The Balaban J connectivity index is 1.55. The highest BCUT2D eigenvalue weighted by molar-refractivity contribution is 5.84. The highest BCUT2D eigenvalue weighted by Gasteiger charge is 2.22. The lowest BCUT2D eigenvalue weighted by atomic mass is 10.1. The molecule has 2 N–H and O–H groups in total. The minimum Gasteiger partial charge on any atom is -0.480 e. The number of unbranched alkanes of at least 4 members (excludes halogenated alkanes) is 11. The standard InChI is InChI=1S/C30H46N2O3/c1-3-4-5-6-7-8-9-10-11-12-13-14-15-16-17-22-29(33)31-27(30(34)35)24-26-23-25-20-18-19-21-28(25)32(26)2/h10-11,18-21,23,27H,3-9,12-17,22,24H2,1-2H3,(H,31,33)(H,34,35). The average Bonchev–Trinajstić information content (AvgIpc) is 3.16. The molecular formula is C30H46N2O3. The van der Waals surface area contributed by atoms with Gasteiger partial charge in [-0.3, -0.25) is 4.79 Å². The van der Waals surface area contributed by atoms with Gasteiger partial charge in [0.05, 0.1) is 0 Å². The number of carboxylic acid groups (broad SMARTS) is 1. The van der Waals surface area contributed by atoms with Gasteiger partial charge in [0, 0.05) is 31.1 Å². The Morgan fingerprint density at radius 1 is 0.914 bits per heavy atom. The number of fused-ring (bicyclic) bond motifs is 1. The van der Waals surface area contributed by atoms with E-state index in [1.807, 2.05) is 41.9 Å². The molecule has 2 rings (SSSR count). The van der Waals surface area contributed by atoms with E-state index < -0.39 is 12.0 Å². The normalized spacial score (nSPS) is 12.4. The number of allylic oxidation sites excluding steroid dienone is 2. The number of benzene rings is 1. The molecule has 35 heavy (non-hydrogen) atoms. The number of aryl methyl sites for hydroxylation is 1. The van der Waals surface area contributed by atoms with Crippen molar-refractivity contribution in [3.05, 3.63) is 48.2 Å². The fourth-order valence-corrected chi connectivity index (χ4v) is 4.57. The van der Waals surface area contributed by atoms with Crippen LogP contribution in [-0.2, 0) is 23.1 Å². The summed E-state index contributed by atoms with van der Waals surface area (Å²) in [6, 6.07) is 9.06. The van der Waals surface area contributed by atoms with Gasteiger partial charge in [0.1, 0.15) is 6.04 Å². The predicted octanol–water partition coefficient (Wildman–Crippen LogP) is 7.33. The number of nitrogens with zero attached hydrogens (tertiary/aromatic N) is 1. The number of hydrogen-bond donors (Lipinski definition) is 2. The number of rotatable bonds is 19. The largest absolute Gasteiger partial charge is 0.480 e. The number of carboxylic acids is 1. The molecule has 1 atom stereocenters. The smallest absolute Gasteiger partial charge is 0.326 e. The van der Waals surface area contributed by atoms with Crippen LogP contribution in [0.15, 0.2) is 42.5 Å². The van der Waals surface area contributed by atoms with Crippen molar-refractivity contribution in [2.45, 2.75) is 109 Å². The van der Waals surface area contributed by atoms with Gasteiger partial charge < -0.3 is 15.0 Å². The second-order valence-corrected chi connectivity index (χ2v) is 9.75. The van der Waals surface area contributed by atoms with Crippen molar-refractivity contribution >= 4 is 22.8 Å². The lowest BCUT2D eigenvalue weighted by Crippen LogP contribution is -2.42. The van der Waals surface area contributed by atoms with Crippen LogP contribution in [-0.4, -0.2) is 27.6 Å². The van der Waals surface area contributed by atoms with E-state index in [9.17, 15) is 14.7 Å². The Labute approximate surface area is 212 Å². The minimum atomic E-state index is -0.992. The van der Waals surface area contributed by atoms with Gasteiger partial charge in [-0.1, -0.05) is 88.6 Å². The number of carbonyl (C=O) groups excluding carboxylic acids is 1. The van der Waals surface area contributed by atoms with E-state index in [0.29, 0.717) is 6.42 Å². The van der Waals surface area contributed by atoms with E-state index in [4.69, 9.17) is 0 Å². The predicted molar refractivity (Wildman–Crippen MR) is 146 cm³/mol. The summed E-state index contributed by atoms with van der Waals surface area (Å²) >= 11 is 0. The molecule has 194 valence electrons. The molecule has 0 aliphatic carbocycles. The quantitative estimate of drug-likeness (QED) is 0.163. The van der Waals surface area contributed by atoms with Crippen molar-refractivity contribution in [1.82, 2.24) is 9.88 Å². The molecule has 0 aliphatic rings. The zero-order valence-corrected chi connectivity index (χ0v) is 21.9. The third-order valence-electron chi connectivity index (χ3n) is 6.76. The molecule has 1 aromatic carbocycles. The van der Waals surface area contributed by atoms with E-state index in [2.05, 4.69) is 24.4 Å². The van der Waals surface area contributed by atoms with Crippen molar-refractivity contribution in [2.75, 3.05) is 0 Å². The van der Waals surface area contributed by atoms with E-state index >= 15 is 0 Å². The molecule has 0 fully saturated rings. The molecule has 5 heteroatoms. The first-order valence-corrected chi connectivity index (χ1v) is 13.7. The molecule has 1 unspecified atom stereocenters.